The molecular formula is C38H43N5O4S. The van der Waals surface area contributed by atoms with Gasteiger partial charge in [-0.15, -0.1) is 0 Å². The van der Waals surface area contributed by atoms with Crippen LogP contribution in [0.2, 0.25) is 0 Å². The molecule has 9 nitrogen and oxygen atoms in total. The average Bonchev–Trinajstić information content (AvgIpc) is 3.45. The van der Waals surface area contributed by atoms with Crippen LogP contribution < -0.4 is 14.9 Å². The zero-order valence-electron chi connectivity index (χ0n) is 27.8. The van der Waals surface area contributed by atoms with Gasteiger partial charge in [0.1, 0.15) is 5.82 Å². The molecule has 48 heavy (non-hydrogen) atoms. The summed E-state index contributed by atoms with van der Waals surface area (Å²) in [6, 6.07) is 28.6. The van der Waals surface area contributed by atoms with Crippen molar-refractivity contribution >= 4 is 38.7 Å². The molecule has 5 rings (SSSR count). The number of rotatable bonds is 14. The maximum atomic E-state index is 13.2. The van der Waals surface area contributed by atoms with Crippen LogP contribution in [-0.4, -0.2) is 43.5 Å². The summed E-state index contributed by atoms with van der Waals surface area (Å²) in [5, 5.41) is 2.78. The molecule has 2 N–H and O–H groups in total. The van der Waals surface area contributed by atoms with Gasteiger partial charge >= 0.3 is 6.03 Å². The minimum Gasteiger partial charge on any atom is -0.341 e. The first kappa shape index (κ1) is 34.4. The standard InChI is InChI=1S/C38H43N5O4S/c1-4-6-13-25-42(38(45)39-3)30-23-24-34-35(26-30)43(36(40-34)18-7-5-2)27-28-19-21-29(22-20-28)32-16-11-12-17-33(32)37(44)41-48(46,47)31-14-9-8-10-15-31/h8-12,14-17,19-24,26H,4-7,13,18,25,27H2,1-3H3,(H,39,45)(H,41,44). The molecule has 0 aliphatic heterocycles. The molecule has 0 atom stereocenters. The number of hydrogen-bond donors (Lipinski definition) is 2. The lowest BCUT2D eigenvalue weighted by molar-refractivity contribution is 0.0982. The number of amides is 3. The van der Waals surface area contributed by atoms with Gasteiger partial charge in [-0.25, -0.2) is 22.9 Å². The van der Waals surface area contributed by atoms with Gasteiger partial charge in [0.05, 0.1) is 15.9 Å². The Bertz CT molecular complexity index is 1970. The van der Waals surface area contributed by atoms with Crippen LogP contribution in [-0.2, 0) is 23.0 Å². The smallest absolute Gasteiger partial charge is 0.321 e. The number of urea groups is 1. The Balaban J connectivity index is 1.43. The summed E-state index contributed by atoms with van der Waals surface area (Å²) >= 11 is 0. The molecule has 0 fully saturated rings. The van der Waals surface area contributed by atoms with E-state index >= 15 is 0 Å². The molecule has 4 aromatic carbocycles. The fraction of sp³-hybridized carbons (Fsp3) is 0.289. The molecule has 0 saturated carbocycles. The molecular weight excluding hydrogens is 623 g/mol. The lowest BCUT2D eigenvalue weighted by Crippen LogP contribution is -2.38. The number of hydrogen-bond acceptors (Lipinski definition) is 5. The number of carbonyl (C=O) groups is 2. The molecule has 250 valence electrons. The van der Waals surface area contributed by atoms with Crippen molar-refractivity contribution in [2.75, 3.05) is 18.5 Å². The number of nitrogens with zero attached hydrogens (tertiary/aromatic N) is 3. The van der Waals surface area contributed by atoms with Crippen LogP contribution in [0.1, 0.15) is 67.7 Å². The van der Waals surface area contributed by atoms with Gasteiger partial charge in [0.25, 0.3) is 15.9 Å². The van der Waals surface area contributed by atoms with E-state index in [9.17, 15) is 18.0 Å². The van der Waals surface area contributed by atoms with Crippen molar-refractivity contribution < 1.29 is 18.0 Å². The maximum Gasteiger partial charge on any atom is 0.321 e. The third kappa shape index (κ3) is 7.94. The number of carbonyl (C=O) groups excluding carboxylic acids is 2. The summed E-state index contributed by atoms with van der Waals surface area (Å²) in [5.74, 6) is 0.299. The highest BCUT2D eigenvalue weighted by Crippen LogP contribution is 2.28. The van der Waals surface area contributed by atoms with Crippen LogP contribution in [0.15, 0.2) is 102 Å². The number of imidazole rings is 1. The van der Waals surface area contributed by atoms with Gasteiger partial charge in [-0.2, -0.15) is 0 Å². The molecule has 0 bridgehead atoms. The molecule has 10 heteroatoms. The van der Waals surface area contributed by atoms with Crippen LogP contribution in [0.5, 0.6) is 0 Å². The summed E-state index contributed by atoms with van der Waals surface area (Å²) < 4.78 is 30.1. The van der Waals surface area contributed by atoms with Crippen molar-refractivity contribution in [3.63, 3.8) is 0 Å². The molecule has 0 spiro atoms. The second kappa shape index (κ2) is 15.8. The summed E-state index contributed by atoms with van der Waals surface area (Å²) in [6.07, 6.45) is 5.93. The van der Waals surface area contributed by atoms with Gasteiger partial charge in [0.2, 0.25) is 0 Å². The van der Waals surface area contributed by atoms with E-state index in [0.717, 1.165) is 72.2 Å². The number of sulfonamides is 1. The second-order valence-electron chi connectivity index (χ2n) is 11.8. The monoisotopic (exact) mass is 665 g/mol. The third-order valence-electron chi connectivity index (χ3n) is 8.38. The Hall–Kier alpha value is -4.96. The zero-order chi connectivity index (χ0) is 34.1. The van der Waals surface area contributed by atoms with Crippen LogP contribution in [0, 0.1) is 0 Å². The normalized spacial score (nSPS) is 11.4. The lowest BCUT2D eigenvalue weighted by atomic mass is 9.98. The number of nitrogens with one attached hydrogen (secondary N) is 2. The van der Waals surface area contributed by atoms with Gasteiger partial charge in [-0.3, -0.25) is 9.69 Å². The minimum absolute atomic E-state index is 0.0236. The SMILES string of the molecule is CCCCCN(C(=O)NC)c1ccc2nc(CCCC)n(Cc3ccc(-c4ccccc4C(=O)NS(=O)(=O)c4ccccc4)cc3)c2c1. The van der Waals surface area contributed by atoms with Gasteiger partial charge in [-0.1, -0.05) is 93.8 Å². The summed E-state index contributed by atoms with van der Waals surface area (Å²) in [7, 11) is -2.37. The van der Waals surface area contributed by atoms with E-state index in [1.165, 1.54) is 12.1 Å². The van der Waals surface area contributed by atoms with E-state index in [2.05, 4.69) is 34.5 Å². The average molecular weight is 666 g/mol. The van der Waals surface area contributed by atoms with Crippen molar-refractivity contribution in [1.82, 2.24) is 19.6 Å². The fourth-order valence-electron chi connectivity index (χ4n) is 5.77. The maximum absolute atomic E-state index is 13.2. The second-order valence-corrected chi connectivity index (χ2v) is 13.5. The van der Waals surface area contributed by atoms with Crippen molar-refractivity contribution in [2.24, 2.45) is 0 Å². The first-order chi connectivity index (χ1) is 23.2. The van der Waals surface area contributed by atoms with Crippen LogP contribution in [0.25, 0.3) is 22.2 Å². The van der Waals surface area contributed by atoms with E-state index < -0.39 is 15.9 Å². The van der Waals surface area contributed by atoms with E-state index in [1.54, 1.807) is 42.3 Å². The van der Waals surface area contributed by atoms with Crippen molar-refractivity contribution in [2.45, 2.75) is 63.8 Å². The summed E-state index contributed by atoms with van der Waals surface area (Å²) in [4.78, 5) is 32.9. The van der Waals surface area contributed by atoms with Crippen LogP contribution >= 0.6 is 0 Å². The van der Waals surface area contributed by atoms with Crippen molar-refractivity contribution in [3.8, 4) is 11.1 Å². The highest BCUT2D eigenvalue weighted by atomic mass is 32.2. The predicted octanol–water partition coefficient (Wildman–Crippen LogP) is 7.55. The number of unbranched alkanes of at least 4 members (excludes halogenated alkanes) is 3. The van der Waals surface area contributed by atoms with Crippen molar-refractivity contribution in [1.29, 1.82) is 0 Å². The molecule has 1 aromatic heterocycles. The number of aromatic nitrogens is 2. The Kier molecular flexibility index (Phi) is 11.3. The fourth-order valence-corrected chi connectivity index (χ4v) is 6.76. The third-order valence-corrected chi connectivity index (χ3v) is 9.73. The van der Waals surface area contributed by atoms with Crippen LogP contribution in [0.3, 0.4) is 0 Å². The topological polar surface area (TPSA) is 113 Å². The van der Waals surface area contributed by atoms with Gasteiger partial charge in [-0.05, 0) is 65.9 Å². The van der Waals surface area contributed by atoms with E-state index in [4.69, 9.17) is 4.98 Å². The largest absolute Gasteiger partial charge is 0.341 e. The van der Waals surface area contributed by atoms with E-state index in [1.807, 2.05) is 48.5 Å². The van der Waals surface area contributed by atoms with Gasteiger partial charge in [0.15, 0.2) is 0 Å². The van der Waals surface area contributed by atoms with Gasteiger partial charge in [0, 0.05) is 37.8 Å². The summed E-state index contributed by atoms with van der Waals surface area (Å²) in [6.45, 7) is 5.52. The molecule has 0 radical (unpaired) electrons. The van der Waals surface area contributed by atoms with Gasteiger partial charge < -0.3 is 9.88 Å². The molecule has 5 aromatic rings. The quantitative estimate of drug-likeness (QED) is 0.119. The predicted molar refractivity (Wildman–Crippen MR) is 192 cm³/mol. The summed E-state index contributed by atoms with van der Waals surface area (Å²) in [5.41, 5.74) is 5.41. The van der Waals surface area contributed by atoms with E-state index in [0.29, 0.717) is 18.7 Å². The first-order valence-electron chi connectivity index (χ1n) is 16.5. The number of anilines is 1. The molecule has 0 unspecified atom stereocenters. The molecule has 0 aliphatic carbocycles. The van der Waals surface area contributed by atoms with E-state index in [-0.39, 0.29) is 16.5 Å². The lowest BCUT2D eigenvalue weighted by Gasteiger charge is -2.22. The van der Waals surface area contributed by atoms with Crippen molar-refractivity contribution in [3.05, 3.63) is 114 Å². The Morgan fingerprint density at radius 3 is 2.25 bits per heavy atom. The molecule has 1 heterocycles. The number of aryl methyl sites for hydroxylation is 1. The Morgan fingerprint density at radius 1 is 0.833 bits per heavy atom. The highest BCUT2D eigenvalue weighted by molar-refractivity contribution is 7.90. The minimum atomic E-state index is -4.03. The number of benzene rings is 4. The molecule has 0 saturated heterocycles. The Morgan fingerprint density at radius 2 is 1.54 bits per heavy atom. The Labute approximate surface area is 283 Å². The number of fused-ring (bicyclic) bond motifs is 1. The van der Waals surface area contributed by atoms with Crippen LogP contribution in [0.4, 0.5) is 10.5 Å². The highest BCUT2D eigenvalue weighted by Gasteiger charge is 2.21. The first-order valence-corrected chi connectivity index (χ1v) is 18.0. The zero-order valence-corrected chi connectivity index (χ0v) is 28.6. The molecule has 0 aliphatic rings. The molecule has 3 amide bonds.